The van der Waals surface area contributed by atoms with Gasteiger partial charge in [0.15, 0.2) is 5.96 Å². The largest absolute Gasteiger partial charge is 0.381 e. The van der Waals surface area contributed by atoms with Gasteiger partial charge in [0.2, 0.25) is 0 Å². The van der Waals surface area contributed by atoms with E-state index in [0.717, 1.165) is 57.6 Å². The molecule has 0 aliphatic carbocycles. The van der Waals surface area contributed by atoms with Crippen LogP contribution in [0.1, 0.15) is 24.8 Å². The summed E-state index contributed by atoms with van der Waals surface area (Å²) in [5.41, 5.74) is 1.45. The second-order valence-electron chi connectivity index (χ2n) is 7.19. The van der Waals surface area contributed by atoms with Gasteiger partial charge in [0.25, 0.3) is 0 Å². The molecule has 6 heteroatoms. The highest BCUT2D eigenvalue weighted by atomic mass is 127. The van der Waals surface area contributed by atoms with E-state index in [9.17, 15) is 0 Å². The smallest absolute Gasteiger partial charge is 0.193 e. The molecule has 2 saturated heterocycles. The van der Waals surface area contributed by atoms with Crippen LogP contribution in [0.4, 0.5) is 0 Å². The van der Waals surface area contributed by atoms with Crippen molar-refractivity contribution in [2.45, 2.75) is 30.4 Å². The summed E-state index contributed by atoms with van der Waals surface area (Å²) in [6, 6.07) is 10.8. The fraction of sp³-hybridized carbons (Fsp3) is 0.650. The highest BCUT2D eigenvalue weighted by Crippen LogP contribution is 2.33. The van der Waals surface area contributed by atoms with Crippen LogP contribution in [0.2, 0.25) is 0 Å². The summed E-state index contributed by atoms with van der Waals surface area (Å²) in [5, 5.41) is 3.66. The Hall–Kier alpha value is -0.470. The predicted octanol–water partition coefficient (Wildman–Crippen LogP) is 3.66. The van der Waals surface area contributed by atoms with Crippen LogP contribution < -0.4 is 5.32 Å². The minimum Gasteiger partial charge on any atom is -0.381 e. The van der Waals surface area contributed by atoms with Crippen LogP contribution in [0, 0.1) is 5.92 Å². The van der Waals surface area contributed by atoms with Gasteiger partial charge in [0.05, 0.1) is 0 Å². The van der Waals surface area contributed by atoms with Crippen LogP contribution in [-0.4, -0.2) is 61.8 Å². The van der Waals surface area contributed by atoms with Gasteiger partial charge in [0, 0.05) is 44.6 Å². The number of rotatable bonds is 5. The van der Waals surface area contributed by atoms with Crippen molar-refractivity contribution >= 4 is 41.7 Å². The van der Waals surface area contributed by atoms with E-state index in [0.29, 0.717) is 0 Å². The number of nitrogens with zero attached hydrogens (tertiary/aromatic N) is 2. The van der Waals surface area contributed by atoms with Crippen LogP contribution in [0.25, 0.3) is 0 Å². The van der Waals surface area contributed by atoms with Gasteiger partial charge in [-0.2, -0.15) is 11.8 Å². The zero-order valence-electron chi connectivity index (χ0n) is 15.9. The predicted molar refractivity (Wildman–Crippen MR) is 123 cm³/mol. The Labute approximate surface area is 179 Å². The molecule has 0 bridgehead atoms. The van der Waals surface area contributed by atoms with Crippen LogP contribution in [0.3, 0.4) is 0 Å². The lowest BCUT2D eigenvalue weighted by molar-refractivity contribution is 0.0781. The molecule has 0 aromatic heterocycles. The summed E-state index contributed by atoms with van der Waals surface area (Å²) >= 11 is 1.97. The van der Waals surface area contributed by atoms with Gasteiger partial charge in [-0.15, -0.1) is 24.0 Å². The molecule has 2 fully saturated rings. The van der Waals surface area contributed by atoms with Crippen molar-refractivity contribution in [3.8, 4) is 0 Å². The first-order valence-electron chi connectivity index (χ1n) is 9.37. The minimum absolute atomic E-state index is 0. The molecule has 2 heterocycles. The second kappa shape index (κ2) is 10.8. The monoisotopic (exact) mass is 489 g/mol. The maximum absolute atomic E-state index is 5.55. The van der Waals surface area contributed by atoms with Gasteiger partial charge < -0.3 is 15.0 Å². The normalized spacial score (nSPS) is 22.8. The molecule has 1 N–H and O–H groups in total. The van der Waals surface area contributed by atoms with Crippen molar-refractivity contribution in [2.24, 2.45) is 10.9 Å². The molecule has 1 atom stereocenters. The lowest BCUT2D eigenvalue weighted by atomic mass is 9.99. The van der Waals surface area contributed by atoms with E-state index in [4.69, 9.17) is 4.74 Å². The Morgan fingerprint density at radius 2 is 2.04 bits per heavy atom. The molecule has 3 rings (SSSR count). The van der Waals surface area contributed by atoms with Gasteiger partial charge in [0.1, 0.15) is 0 Å². The number of guanidine groups is 1. The molecular formula is C20H32IN3OS. The standard InChI is InChI=1S/C20H31N3OS.HI/c1-21-19(22-16-20(25-2)9-12-24-13-10-20)23-11-8-18(15-23)14-17-6-4-3-5-7-17;/h3-7,18H,8-16H2,1-2H3,(H,21,22);1H. The third-order valence-corrected chi connectivity index (χ3v) is 6.99. The van der Waals surface area contributed by atoms with Crippen molar-refractivity contribution in [3.63, 3.8) is 0 Å². The molecule has 0 spiro atoms. The average molecular weight is 489 g/mol. The number of aliphatic imine (C=N–C) groups is 1. The van der Waals surface area contributed by atoms with E-state index in [2.05, 4.69) is 51.8 Å². The van der Waals surface area contributed by atoms with Gasteiger partial charge in [-0.3, -0.25) is 4.99 Å². The molecular weight excluding hydrogens is 457 g/mol. The van der Waals surface area contributed by atoms with Gasteiger partial charge >= 0.3 is 0 Å². The maximum atomic E-state index is 5.55. The first-order chi connectivity index (χ1) is 12.2. The summed E-state index contributed by atoms with van der Waals surface area (Å²) in [7, 11) is 1.91. The van der Waals surface area contributed by atoms with E-state index in [1.165, 1.54) is 18.4 Å². The quantitative estimate of drug-likeness (QED) is 0.389. The maximum Gasteiger partial charge on any atom is 0.193 e. The fourth-order valence-corrected chi connectivity index (χ4v) is 4.70. The molecule has 2 aliphatic heterocycles. The Morgan fingerprint density at radius 1 is 1.31 bits per heavy atom. The van der Waals surface area contributed by atoms with E-state index in [1.807, 2.05) is 18.8 Å². The van der Waals surface area contributed by atoms with Crippen molar-refractivity contribution in [3.05, 3.63) is 35.9 Å². The summed E-state index contributed by atoms with van der Waals surface area (Å²) in [6.07, 6.45) is 6.88. The van der Waals surface area contributed by atoms with Crippen LogP contribution >= 0.6 is 35.7 Å². The van der Waals surface area contributed by atoms with Crippen LogP contribution in [0.15, 0.2) is 35.3 Å². The Morgan fingerprint density at radius 3 is 2.69 bits per heavy atom. The SMILES string of the molecule is CN=C(NCC1(SC)CCOCC1)N1CCC(Cc2ccccc2)C1.I. The summed E-state index contributed by atoms with van der Waals surface area (Å²) in [6.45, 7) is 4.94. The zero-order valence-corrected chi connectivity index (χ0v) is 19.1. The van der Waals surface area contributed by atoms with Crippen LogP contribution in [0.5, 0.6) is 0 Å². The van der Waals surface area contributed by atoms with Gasteiger partial charge in [-0.25, -0.2) is 0 Å². The van der Waals surface area contributed by atoms with E-state index >= 15 is 0 Å². The summed E-state index contributed by atoms with van der Waals surface area (Å²) < 4.78 is 5.84. The molecule has 1 aromatic carbocycles. The third kappa shape index (κ3) is 5.76. The lowest BCUT2D eigenvalue weighted by Gasteiger charge is -2.37. The van der Waals surface area contributed by atoms with E-state index in [-0.39, 0.29) is 28.7 Å². The number of ether oxygens (including phenoxy) is 1. The molecule has 4 nitrogen and oxygen atoms in total. The van der Waals surface area contributed by atoms with Crippen LogP contribution in [-0.2, 0) is 11.2 Å². The topological polar surface area (TPSA) is 36.9 Å². The first-order valence-corrected chi connectivity index (χ1v) is 10.6. The number of hydrogen-bond acceptors (Lipinski definition) is 3. The molecule has 0 saturated carbocycles. The Kier molecular flexibility index (Phi) is 9.03. The fourth-order valence-electron chi connectivity index (χ4n) is 3.91. The average Bonchev–Trinajstić information content (AvgIpc) is 3.12. The number of thioether (sulfide) groups is 1. The van der Waals surface area contributed by atoms with Crippen molar-refractivity contribution in [1.29, 1.82) is 0 Å². The minimum atomic E-state index is 0. The Bertz CT molecular complexity index is 563. The summed E-state index contributed by atoms with van der Waals surface area (Å²) in [5.74, 6) is 1.79. The van der Waals surface area contributed by atoms with Crippen molar-refractivity contribution in [2.75, 3.05) is 46.2 Å². The van der Waals surface area contributed by atoms with E-state index in [1.54, 1.807) is 0 Å². The number of hydrogen-bond donors (Lipinski definition) is 1. The van der Waals surface area contributed by atoms with Crippen molar-refractivity contribution < 1.29 is 4.74 Å². The molecule has 1 unspecified atom stereocenters. The first kappa shape index (κ1) is 21.8. The lowest BCUT2D eigenvalue weighted by Crippen LogP contribution is -2.48. The Balaban J connectivity index is 0.00000243. The molecule has 146 valence electrons. The van der Waals surface area contributed by atoms with Crippen molar-refractivity contribution in [1.82, 2.24) is 10.2 Å². The number of nitrogens with one attached hydrogen (secondary N) is 1. The molecule has 2 aliphatic rings. The second-order valence-corrected chi connectivity index (χ2v) is 8.46. The molecule has 0 radical (unpaired) electrons. The third-order valence-electron chi connectivity index (χ3n) is 5.57. The van der Waals surface area contributed by atoms with E-state index < -0.39 is 0 Å². The van der Waals surface area contributed by atoms with Gasteiger partial charge in [-0.05, 0) is 43.4 Å². The molecule has 26 heavy (non-hydrogen) atoms. The number of likely N-dealkylation sites (tertiary alicyclic amines) is 1. The summed E-state index contributed by atoms with van der Waals surface area (Å²) in [4.78, 5) is 6.98. The number of benzene rings is 1. The highest BCUT2D eigenvalue weighted by molar-refractivity contribution is 14.0. The number of halogens is 1. The van der Waals surface area contributed by atoms with Gasteiger partial charge in [-0.1, -0.05) is 30.3 Å². The molecule has 0 amide bonds. The molecule has 1 aromatic rings. The highest BCUT2D eigenvalue weighted by Gasteiger charge is 2.33. The zero-order chi connectivity index (χ0) is 17.5.